The van der Waals surface area contributed by atoms with E-state index in [0.717, 1.165) is 4.88 Å². The van der Waals surface area contributed by atoms with Gasteiger partial charge in [-0.15, -0.1) is 11.3 Å². The SMILES string of the molecule is Cc1ccc(C(=O)NC2CCN(C(=O)c3ccc(C(=O)O)nc3)CC2)s1. The first-order chi connectivity index (χ1) is 12.4. The predicted molar refractivity (Wildman–Crippen MR) is 96.6 cm³/mol. The molecule has 0 unspecified atom stereocenters. The summed E-state index contributed by atoms with van der Waals surface area (Å²) in [5.74, 6) is -1.36. The second-order valence-corrected chi connectivity index (χ2v) is 7.48. The van der Waals surface area contributed by atoms with Gasteiger partial charge in [0.05, 0.1) is 10.4 Å². The first-order valence-corrected chi connectivity index (χ1v) is 9.11. The molecule has 0 atom stereocenters. The van der Waals surface area contributed by atoms with Gasteiger partial charge in [0.1, 0.15) is 5.69 Å². The molecule has 2 aromatic heterocycles. The number of piperidine rings is 1. The van der Waals surface area contributed by atoms with Crippen molar-refractivity contribution in [1.29, 1.82) is 0 Å². The van der Waals surface area contributed by atoms with Crippen molar-refractivity contribution in [2.24, 2.45) is 0 Å². The largest absolute Gasteiger partial charge is 0.477 e. The van der Waals surface area contributed by atoms with Crippen molar-refractivity contribution in [1.82, 2.24) is 15.2 Å². The number of nitrogens with one attached hydrogen (secondary N) is 1. The molecule has 0 radical (unpaired) electrons. The molecule has 0 saturated carbocycles. The van der Waals surface area contributed by atoms with E-state index in [1.165, 1.54) is 29.7 Å². The molecule has 1 aliphatic heterocycles. The van der Waals surface area contributed by atoms with E-state index in [9.17, 15) is 14.4 Å². The van der Waals surface area contributed by atoms with Crippen molar-refractivity contribution in [2.45, 2.75) is 25.8 Å². The van der Waals surface area contributed by atoms with Gasteiger partial charge >= 0.3 is 5.97 Å². The van der Waals surface area contributed by atoms with Crippen LogP contribution in [0.15, 0.2) is 30.5 Å². The molecule has 136 valence electrons. The van der Waals surface area contributed by atoms with Crippen LogP contribution in [-0.2, 0) is 0 Å². The number of carbonyl (C=O) groups excluding carboxylic acids is 2. The van der Waals surface area contributed by atoms with Crippen LogP contribution in [0.2, 0.25) is 0 Å². The summed E-state index contributed by atoms with van der Waals surface area (Å²) in [5, 5.41) is 11.9. The topological polar surface area (TPSA) is 99.6 Å². The van der Waals surface area contributed by atoms with Crippen LogP contribution in [0.3, 0.4) is 0 Å². The van der Waals surface area contributed by atoms with E-state index in [1.807, 2.05) is 19.1 Å². The van der Waals surface area contributed by atoms with E-state index in [0.29, 0.717) is 36.4 Å². The minimum Gasteiger partial charge on any atom is -0.477 e. The Bertz CT molecular complexity index is 823. The summed E-state index contributed by atoms with van der Waals surface area (Å²) in [5.41, 5.74) is 0.276. The fourth-order valence-corrected chi connectivity index (χ4v) is 3.64. The third-order valence-electron chi connectivity index (χ3n) is 4.31. The molecule has 3 heterocycles. The van der Waals surface area contributed by atoms with E-state index >= 15 is 0 Å². The fraction of sp³-hybridized carbons (Fsp3) is 0.333. The number of hydrogen-bond donors (Lipinski definition) is 2. The van der Waals surface area contributed by atoms with E-state index in [-0.39, 0.29) is 23.6 Å². The van der Waals surface area contributed by atoms with E-state index in [2.05, 4.69) is 10.3 Å². The van der Waals surface area contributed by atoms with Crippen LogP contribution < -0.4 is 5.32 Å². The Morgan fingerprint density at radius 3 is 2.46 bits per heavy atom. The number of carboxylic acid groups (broad SMARTS) is 1. The number of amides is 2. The van der Waals surface area contributed by atoms with E-state index in [1.54, 1.807) is 4.90 Å². The van der Waals surface area contributed by atoms with Gasteiger partial charge < -0.3 is 15.3 Å². The zero-order valence-corrected chi connectivity index (χ0v) is 15.1. The van der Waals surface area contributed by atoms with E-state index < -0.39 is 5.97 Å². The second kappa shape index (κ2) is 7.65. The van der Waals surface area contributed by atoms with Crippen LogP contribution >= 0.6 is 11.3 Å². The van der Waals surface area contributed by atoms with Gasteiger partial charge in [-0.3, -0.25) is 9.59 Å². The highest BCUT2D eigenvalue weighted by Crippen LogP contribution is 2.18. The highest BCUT2D eigenvalue weighted by molar-refractivity contribution is 7.13. The monoisotopic (exact) mass is 373 g/mol. The van der Waals surface area contributed by atoms with Gasteiger partial charge in [0, 0.05) is 30.2 Å². The second-order valence-electron chi connectivity index (χ2n) is 6.19. The molecule has 1 aliphatic rings. The summed E-state index contributed by atoms with van der Waals surface area (Å²) < 4.78 is 0. The Kier molecular flexibility index (Phi) is 5.32. The Morgan fingerprint density at radius 1 is 1.19 bits per heavy atom. The normalized spacial score (nSPS) is 14.9. The maximum absolute atomic E-state index is 12.5. The number of carboxylic acids is 1. The van der Waals surface area contributed by atoms with Gasteiger partial charge in [0.15, 0.2) is 0 Å². The standard InChI is InChI=1S/C18H19N3O4S/c1-11-2-5-15(26-11)16(22)20-13-6-8-21(9-7-13)17(23)12-3-4-14(18(24)25)19-10-12/h2-5,10,13H,6-9H2,1H3,(H,20,22)(H,24,25). The summed E-state index contributed by atoms with van der Waals surface area (Å²) in [6.07, 6.45) is 2.66. The lowest BCUT2D eigenvalue weighted by Gasteiger charge is -2.32. The van der Waals surface area contributed by atoms with Gasteiger partial charge in [-0.2, -0.15) is 0 Å². The quantitative estimate of drug-likeness (QED) is 0.856. The smallest absolute Gasteiger partial charge is 0.354 e. The minimum atomic E-state index is -1.12. The highest BCUT2D eigenvalue weighted by atomic mass is 32.1. The highest BCUT2D eigenvalue weighted by Gasteiger charge is 2.25. The van der Waals surface area contributed by atoms with Crippen molar-refractivity contribution in [3.8, 4) is 0 Å². The summed E-state index contributed by atoms with van der Waals surface area (Å²) in [6, 6.07) is 6.59. The van der Waals surface area contributed by atoms with Crippen molar-refractivity contribution < 1.29 is 19.5 Å². The molecule has 0 aliphatic carbocycles. The van der Waals surface area contributed by atoms with Crippen LogP contribution in [0.25, 0.3) is 0 Å². The maximum atomic E-state index is 12.5. The first-order valence-electron chi connectivity index (χ1n) is 8.30. The Morgan fingerprint density at radius 2 is 1.92 bits per heavy atom. The molecule has 0 spiro atoms. The number of rotatable bonds is 4. The van der Waals surface area contributed by atoms with Crippen LogP contribution in [0.1, 0.15) is 48.2 Å². The lowest BCUT2D eigenvalue weighted by atomic mass is 10.0. The molecular formula is C18H19N3O4S. The summed E-state index contributed by atoms with van der Waals surface area (Å²) in [4.78, 5) is 42.8. The molecule has 1 saturated heterocycles. The van der Waals surface area contributed by atoms with Crippen molar-refractivity contribution in [3.05, 3.63) is 51.5 Å². The number of pyridine rings is 1. The minimum absolute atomic E-state index is 0.0430. The number of likely N-dealkylation sites (tertiary alicyclic amines) is 1. The maximum Gasteiger partial charge on any atom is 0.354 e. The number of aromatic carboxylic acids is 1. The molecule has 0 bridgehead atoms. The molecule has 3 rings (SSSR count). The van der Waals surface area contributed by atoms with Gasteiger partial charge in [-0.25, -0.2) is 9.78 Å². The molecule has 0 aromatic carbocycles. The molecule has 2 amide bonds. The number of aromatic nitrogens is 1. The van der Waals surface area contributed by atoms with Crippen LogP contribution in [0.4, 0.5) is 0 Å². The Balaban J connectivity index is 1.53. The van der Waals surface area contributed by atoms with Gasteiger partial charge in [-0.05, 0) is 44.0 Å². The van der Waals surface area contributed by atoms with Crippen molar-refractivity contribution >= 4 is 29.1 Å². The molecule has 7 nitrogen and oxygen atoms in total. The van der Waals surface area contributed by atoms with Gasteiger partial charge in [-0.1, -0.05) is 0 Å². The lowest BCUT2D eigenvalue weighted by molar-refractivity contribution is 0.0676. The van der Waals surface area contributed by atoms with Crippen LogP contribution in [0.5, 0.6) is 0 Å². The molecule has 2 N–H and O–H groups in total. The third kappa shape index (κ3) is 4.08. The van der Waals surface area contributed by atoms with Crippen LogP contribution in [0, 0.1) is 6.92 Å². The van der Waals surface area contributed by atoms with E-state index in [4.69, 9.17) is 5.11 Å². The molecule has 8 heteroatoms. The zero-order valence-electron chi connectivity index (χ0n) is 14.3. The molecule has 2 aromatic rings. The average molecular weight is 373 g/mol. The lowest BCUT2D eigenvalue weighted by Crippen LogP contribution is -2.46. The summed E-state index contributed by atoms with van der Waals surface area (Å²) in [7, 11) is 0. The van der Waals surface area contributed by atoms with Gasteiger partial charge in [0.2, 0.25) is 0 Å². The fourth-order valence-electron chi connectivity index (χ4n) is 2.87. The molecular weight excluding hydrogens is 354 g/mol. The number of hydrogen-bond acceptors (Lipinski definition) is 5. The number of thiophene rings is 1. The number of nitrogens with zero attached hydrogens (tertiary/aromatic N) is 2. The Labute approximate surface area is 154 Å². The third-order valence-corrected chi connectivity index (χ3v) is 5.31. The zero-order chi connectivity index (χ0) is 18.7. The molecule has 26 heavy (non-hydrogen) atoms. The summed E-state index contributed by atoms with van der Waals surface area (Å²) in [6.45, 7) is 3.03. The number of carbonyl (C=O) groups is 3. The first kappa shape index (κ1) is 18.1. The molecule has 1 fully saturated rings. The predicted octanol–water partition coefficient (Wildman–Crippen LogP) is 2.18. The summed E-state index contributed by atoms with van der Waals surface area (Å²) >= 11 is 1.46. The van der Waals surface area contributed by atoms with Crippen molar-refractivity contribution in [2.75, 3.05) is 13.1 Å². The number of aryl methyl sites for hydroxylation is 1. The van der Waals surface area contributed by atoms with Crippen molar-refractivity contribution in [3.63, 3.8) is 0 Å². The Hall–Kier alpha value is -2.74. The van der Waals surface area contributed by atoms with Crippen LogP contribution in [-0.4, -0.2) is 51.9 Å². The van der Waals surface area contributed by atoms with Gasteiger partial charge in [0.25, 0.3) is 11.8 Å². The average Bonchev–Trinajstić information content (AvgIpc) is 3.08.